The van der Waals surface area contributed by atoms with Crippen LogP contribution in [0.25, 0.3) is 0 Å². The first-order chi connectivity index (χ1) is 18.8. The van der Waals surface area contributed by atoms with Crippen molar-refractivity contribution in [3.05, 3.63) is 0 Å². The Hall–Kier alpha value is -1.00. The summed E-state index contributed by atoms with van der Waals surface area (Å²) < 4.78 is 107. The molecule has 2 aliphatic carbocycles. The van der Waals surface area contributed by atoms with Crippen LogP contribution in [-0.2, 0) is 39.7 Å². The molecule has 0 heterocycles. The first-order valence-electron chi connectivity index (χ1n) is 14.5. The second-order valence-electron chi connectivity index (χ2n) is 10.9. The van der Waals surface area contributed by atoms with Gasteiger partial charge in [-0.1, -0.05) is 99.4 Å². The third-order valence-corrected chi connectivity index (χ3v) is 15.7. The molecule has 0 saturated heterocycles. The lowest BCUT2D eigenvalue weighted by molar-refractivity contribution is 0.483. The molecule has 0 radical (unpaired) electrons. The SMILES string of the molecule is CCCCCCCCCC(S(=O)(=O)C/N=N/S(=O)(=O)C1CCCCC1)S(=O)(=O)C/N=N/S(=O)(=O)C1CCCCC1. The summed E-state index contributed by atoms with van der Waals surface area (Å²) in [7, 11) is -17.0. The van der Waals surface area contributed by atoms with Gasteiger partial charge in [0.1, 0.15) is 0 Å². The van der Waals surface area contributed by atoms with E-state index in [1.807, 2.05) is 0 Å². The number of hydrogen-bond donors (Lipinski definition) is 0. The smallest absolute Gasteiger partial charge is 0.225 e. The molecule has 2 rings (SSSR count). The number of nitrogens with zero attached hydrogens (tertiary/aromatic N) is 4. The molecule has 0 amide bonds. The van der Waals surface area contributed by atoms with E-state index in [4.69, 9.17) is 0 Å². The number of sulfone groups is 2. The molecular formula is C24H46N4O8S4. The van der Waals surface area contributed by atoms with Gasteiger partial charge in [-0.05, 0) is 32.1 Å². The number of sulfonamides is 2. The van der Waals surface area contributed by atoms with Crippen molar-refractivity contribution in [2.45, 2.75) is 138 Å². The minimum atomic E-state index is -4.48. The van der Waals surface area contributed by atoms with Crippen molar-refractivity contribution in [2.75, 3.05) is 11.8 Å². The van der Waals surface area contributed by atoms with Crippen LogP contribution in [0.3, 0.4) is 0 Å². The van der Waals surface area contributed by atoms with E-state index in [1.54, 1.807) is 0 Å². The fourth-order valence-electron chi connectivity index (χ4n) is 5.25. The fourth-order valence-corrected chi connectivity index (χ4v) is 11.9. The van der Waals surface area contributed by atoms with E-state index in [9.17, 15) is 33.7 Å². The lowest BCUT2D eigenvalue weighted by Gasteiger charge is -2.19. The molecule has 0 aliphatic heterocycles. The van der Waals surface area contributed by atoms with Crippen LogP contribution in [0.2, 0.25) is 0 Å². The van der Waals surface area contributed by atoms with Crippen LogP contribution < -0.4 is 0 Å². The summed E-state index contributed by atoms with van der Waals surface area (Å²) in [6.07, 6.45) is 12.2. The minimum Gasteiger partial charge on any atom is -0.225 e. The summed E-state index contributed by atoms with van der Waals surface area (Å²) in [5.74, 6) is -2.20. The molecule has 0 unspecified atom stereocenters. The number of rotatable bonds is 18. The van der Waals surface area contributed by atoms with Crippen LogP contribution in [0.1, 0.15) is 122 Å². The summed E-state index contributed by atoms with van der Waals surface area (Å²) in [5.41, 5.74) is 0. The molecular weight excluding hydrogens is 601 g/mol. The van der Waals surface area contributed by atoms with Crippen molar-refractivity contribution < 1.29 is 33.7 Å². The Kier molecular flexibility index (Phi) is 14.6. The highest BCUT2D eigenvalue weighted by Crippen LogP contribution is 2.27. The molecule has 0 N–H and O–H groups in total. The molecule has 0 atom stereocenters. The maximum Gasteiger partial charge on any atom is 0.273 e. The van der Waals surface area contributed by atoms with E-state index in [0.29, 0.717) is 38.5 Å². The largest absolute Gasteiger partial charge is 0.273 e. The molecule has 40 heavy (non-hydrogen) atoms. The van der Waals surface area contributed by atoms with Crippen molar-refractivity contribution in [3.8, 4) is 0 Å². The topological polar surface area (TPSA) is 186 Å². The highest BCUT2D eigenvalue weighted by atomic mass is 32.3. The minimum absolute atomic E-state index is 0.228. The Balaban J connectivity index is 2.13. The standard InChI is InChI=1S/C24H46N4O8S4/c1-2-3-4-5-6-7-14-19-24(37(29,30)20-25-27-39(33,34)22-15-10-8-11-16-22)38(31,32)21-26-28-40(35,36)23-17-12-9-13-18-23/h22-24H,2-21H2,1H3/b27-25+,28-26+. The monoisotopic (exact) mass is 646 g/mol. The maximum absolute atomic E-state index is 13.1. The van der Waals surface area contributed by atoms with E-state index in [2.05, 4.69) is 26.2 Å². The van der Waals surface area contributed by atoms with Gasteiger partial charge in [0.2, 0.25) is 0 Å². The lowest BCUT2D eigenvalue weighted by Crippen LogP contribution is -2.33. The normalized spacial score (nSPS) is 19.2. The van der Waals surface area contributed by atoms with Gasteiger partial charge in [-0.25, -0.2) is 33.7 Å². The molecule has 0 bridgehead atoms. The first-order valence-corrected chi connectivity index (χ1v) is 20.9. The Morgan fingerprint density at radius 2 is 0.925 bits per heavy atom. The molecule has 0 aromatic carbocycles. The zero-order valence-corrected chi connectivity index (χ0v) is 26.8. The predicted molar refractivity (Wildman–Crippen MR) is 155 cm³/mol. The van der Waals surface area contributed by atoms with Gasteiger partial charge >= 0.3 is 0 Å². The fraction of sp³-hybridized carbons (Fsp3) is 1.00. The number of hydrogen-bond acceptors (Lipinski definition) is 10. The Bertz CT molecular complexity index is 1160. The molecule has 12 nitrogen and oxygen atoms in total. The molecule has 2 saturated carbocycles. The highest BCUT2D eigenvalue weighted by Gasteiger charge is 2.38. The summed E-state index contributed by atoms with van der Waals surface area (Å²) in [6.45, 7) is 2.09. The van der Waals surface area contributed by atoms with Gasteiger partial charge in [-0.2, -0.15) is 10.2 Å². The Morgan fingerprint density at radius 1 is 0.550 bits per heavy atom. The van der Waals surface area contributed by atoms with Gasteiger partial charge in [0.15, 0.2) is 36.0 Å². The first kappa shape index (κ1) is 35.2. The average Bonchev–Trinajstić information content (AvgIpc) is 2.90. The zero-order chi connectivity index (χ0) is 29.7. The van der Waals surface area contributed by atoms with Gasteiger partial charge in [-0.15, -0.1) is 0 Å². The van der Waals surface area contributed by atoms with Crippen LogP contribution in [0.5, 0.6) is 0 Å². The Labute approximate surface area is 241 Å². The summed E-state index contributed by atoms with van der Waals surface area (Å²) >= 11 is 0. The van der Waals surface area contributed by atoms with Crippen molar-refractivity contribution in [2.24, 2.45) is 19.3 Å². The molecule has 0 spiro atoms. The van der Waals surface area contributed by atoms with Crippen molar-refractivity contribution in [3.63, 3.8) is 0 Å². The van der Waals surface area contributed by atoms with E-state index in [-0.39, 0.29) is 6.42 Å². The van der Waals surface area contributed by atoms with E-state index in [1.165, 1.54) is 0 Å². The molecule has 2 fully saturated rings. The number of unbranched alkanes of at least 4 members (excludes halogenated alkanes) is 6. The molecule has 2 aliphatic rings. The second kappa shape index (κ2) is 16.6. The van der Waals surface area contributed by atoms with Crippen LogP contribution >= 0.6 is 0 Å². The van der Waals surface area contributed by atoms with Crippen LogP contribution in [0.15, 0.2) is 19.3 Å². The Morgan fingerprint density at radius 3 is 1.32 bits per heavy atom. The predicted octanol–water partition coefficient (Wildman–Crippen LogP) is 5.43. The summed E-state index contributed by atoms with van der Waals surface area (Å²) in [5, 5.41) is 5.40. The average molecular weight is 647 g/mol. The van der Waals surface area contributed by atoms with Crippen molar-refractivity contribution in [1.29, 1.82) is 0 Å². The van der Waals surface area contributed by atoms with E-state index in [0.717, 1.165) is 70.6 Å². The molecule has 234 valence electrons. The van der Waals surface area contributed by atoms with Gasteiger partial charge in [0, 0.05) is 0 Å². The lowest BCUT2D eigenvalue weighted by atomic mass is 10.0. The third-order valence-electron chi connectivity index (χ3n) is 7.61. The van der Waals surface area contributed by atoms with E-state index < -0.39 is 66.6 Å². The maximum atomic E-state index is 13.1. The van der Waals surface area contributed by atoms with Crippen LogP contribution in [-0.4, -0.2) is 60.5 Å². The quantitative estimate of drug-likeness (QED) is 0.139. The third kappa shape index (κ3) is 11.7. The van der Waals surface area contributed by atoms with Gasteiger partial charge in [-0.3, -0.25) is 0 Å². The molecule has 0 aromatic heterocycles. The summed E-state index contributed by atoms with van der Waals surface area (Å²) in [4.78, 5) is 0. The zero-order valence-electron chi connectivity index (χ0n) is 23.6. The van der Waals surface area contributed by atoms with E-state index >= 15 is 0 Å². The highest BCUT2D eigenvalue weighted by molar-refractivity contribution is 8.09. The van der Waals surface area contributed by atoms with Crippen LogP contribution in [0, 0.1) is 0 Å². The summed E-state index contributed by atoms with van der Waals surface area (Å²) in [6, 6.07) is 0. The van der Waals surface area contributed by atoms with Gasteiger partial charge in [0.25, 0.3) is 20.0 Å². The van der Waals surface area contributed by atoms with Crippen LogP contribution in [0.4, 0.5) is 0 Å². The molecule has 16 heteroatoms. The molecule has 0 aromatic rings. The van der Waals surface area contributed by atoms with Crippen molar-refractivity contribution in [1.82, 2.24) is 0 Å². The van der Waals surface area contributed by atoms with Gasteiger partial charge in [0.05, 0.1) is 10.5 Å². The van der Waals surface area contributed by atoms with Crippen molar-refractivity contribution >= 4 is 39.7 Å². The second-order valence-corrected chi connectivity index (χ2v) is 19.2. The van der Waals surface area contributed by atoms with Gasteiger partial charge < -0.3 is 0 Å².